The molecule has 0 aliphatic heterocycles. The van der Waals surface area contributed by atoms with Crippen molar-refractivity contribution in [1.82, 2.24) is 0 Å². The molecule has 4 heteroatoms. The van der Waals surface area contributed by atoms with Crippen LogP contribution in [0.15, 0.2) is 35.0 Å². The smallest absolute Gasteiger partial charge is 0.339 e. The molecule has 2 aromatic rings. The number of carbonyl (C=O) groups is 2. The molecule has 1 heterocycles. The lowest BCUT2D eigenvalue weighted by molar-refractivity contribution is 0.0475. The van der Waals surface area contributed by atoms with E-state index in [9.17, 15) is 9.59 Å². The maximum atomic E-state index is 12.0. The Hall–Kier alpha value is -1.94. The molecule has 3 nitrogen and oxygen atoms in total. The molecule has 98 valence electrons. The third kappa shape index (κ3) is 3.29. The number of esters is 1. The highest BCUT2D eigenvalue weighted by Crippen LogP contribution is 2.12. The maximum absolute atomic E-state index is 12.0. The highest BCUT2D eigenvalue weighted by molar-refractivity contribution is 7.08. The van der Waals surface area contributed by atoms with E-state index in [0.717, 1.165) is 11.1 Å². The summed E-state index contributed by atoms with van der Waals surface area (Å²) in [5.74, 6) is -0.638. The van der Waals surface area contributed by atoms with E-state index in [1.807, 2.05) is 26.0 Å². The molecule has 1 aromatic carbocycles. The van der Waals surface area contributed by atoms with Gasteiger partial charge in [-0.25, -0.2) is 4.79 Å². The molecule has 0 spiro atoms. The Kier molecular flexibility index (Phi) is 4.12. The van der Waals surface area contributed by atoms with Crippen molar-refractivity contribution in [1.29, 1.82) is 0 Å². The largest absolute Gasteiger partial charge is 0.454 e. The highest BCUT2D eigenvalue weighted by Gasteiger charge is 2.13. The minimum absolute atomic E-state index is 0.180. The van der Waals surface area contributed by atoms with Gasteiger partial charge in [-0.3, -0.25) is 4.79 Å². The molecule has 0 saturated carbocycles. The molecule has 0 amide bonds. The molecule has 0 saturated heterocycles. The maximum Gasteiger partial charge on any atom is 0.339 e. The topological polar surface area (TPSA) is 43.4 Å². The Morgan fingerprint density at radius 3 is 2.63 bits per heavy atom. The van der Waals surface area contributed by atoms with E-state index in [1.165, 1.54) is 11.3 Å². The first-order valence-electron chi connectivity index (χ1n) is 5.87. The minimum Gasteiger partial charge on any atom is -0.454 e. The normalized spacial score (nSPS) is 10.2. The van der Waals surface area contributed by atoms with E-state index >= 15 is 0 Å². The second-order valence-corrected chi connectivity index (χ2v) is 5.11. The van der Waals surface area contributed by atoms with Crippen molar-refractivity contribution in [2.24, 2.45) is 0 Å². The van der Waals surface area contributed by atoms with Gasteiger partial charge in [0.2, 0.25) is 5.78 Å². The summed E-state index contributed by atoms with van der Waals surface area (Å²) in [6.07, 6.45) is 0. The van der Waals surface area contributed by atoms with E-state index in [1.54, 1.807) is 22.9 Å². The molecule has 0 N–H and O–H groups in total. The molecule has 0 radical (unpaired) electrons. The first-order valence-corrected chi connectivity index (χ1v) is 6.82. The van der Waals surface area contributed by atoms with Gasteiger partial charge in [-0.05, 0) is 30.9 Å². The molecule has 2 rings (SSSR count). The first kappa shape index (κ1) is 13.5. The predicted octanol–water partition coefficient (Wildman–Crippen LogP) is 3.40. The Bertz CT molecular complexity index is 600. The number of carbonyl (C=O) groups excluding carboxylic acids is 2. The Labute approximate surface area is 115 Å². The van der Waals surface area contributed by atoms with Crippen molar-refractivity contribution in [3.05, 3.63) is 57.3 Å². The van der Waals surface area contributed by atoms with Gasteiger partial charge in [-0.2, -0.15) is 11.3 Å². The van der Waals surface area contributed by atoms with Crippen LogP contribution in [0.4, 0.5) is 0 Å². The second-order valence-electron chi connectivity index (χ2n) is 4.33. The zero-order chi connectivity index (χ0) is 13.8. The fourth-order valence-corrected chi connectivity index (χ4v) is 2.42. The lowest BCUT2D eigenvalue weighted by Gasteiger charge is -2.06. The Balaban J connectivity index is 2.00. The number of ketones is 1. The average Bonchev–Trinajstić information content (AvgIpc) is 2.89. The summed E-state index contributed by atoms with van der Waals surface area (Å²) in [6.45, 7) is 3.62. The van der Waals surface area contributed by atoms with E-state index in [-0.39, 0.29) is 12.4 Å². The third-order valence-electron chi connectivity index (χ3n) is 2.77. The van der Waals surface area contributed by atoms with Crippen molar-refractivity contribution >= 4 is 23.1 Å². The summed E-state index contributed by atoms with van der Waals surface area (Å²) < 4.78 is 5.01. The van der Waals surface area contributed by atoms with Crippen molar-refractivity contribution < 1.29 is 14.3 Å². The average molecular weight is 274 g/mol. The fraction of sp³-hybridized carbons (Fsp3) is 0.200. The number of thiophene rings is 1. The molecule has 0 fully saturated rings. The van der Waals surface area contributed by atoms with E-state index in [0.29, 0.717) is 11.1 Å². The van der Waals surface area contributed by atoms with Crippen LogP contribution >= 0.6 is 11.3 Å². The van der Waals surface area contributed by atoms with Crippen LogP contribution in [-0.4, -0.2) is 18.4 Å². The lowest BCUT2D eigenvalue weighted by Crippen LogP contribution is -2.14. The summed E-state index contributed by atoms with van der Waals surface area (Å²) in [4.78, 5) is 23.6. The number of benzene rings is 1. The van der Waals surface area contributed by atoms with Gasteiger partial charge in [0.15, 0.2) is 6.61 Å². The van der Waals surface area contributed by atoms with Gasteiger partial charge < -0.3 is 4.74 Å². The zero-order valence-electron chi connectivity index (χ0n) is 10.8. The van der Waals surface area contributed by atoms with Crippen molar-refractivity contribution in [3.8, 4) is 0 Å². The van der Waals surface area contributed by atoms with Crippen LogP contribution < -0.4 is 0 Å². The van der Waals surface area contributed by atoms with E-state index < -0.39 is 5.97 Å². The SMILES string of the molecule is Cc1ccc(C(=O)COC(=O)c2ccsc2)c(C)c1. The summed E-state index contributed by atoms with van der Waals surface area (Å²) in [5.41, 5.74) is 3.09. The number of aryl methyl sites for hydroxylation is 2. The summed E-state index contributed by atoms with van der Waals surface area (Å²) in [6, 6.07) is 7.26. The standard InChI is InChI=1S/C15H14O3S/c1-10-3-4-13(11(2)7-10)14(16)8-18-15(17)12-5-6-19-9-12/h3-7,9H,8H2,1-2H3. The molecule has 0 atom stereocenters. The number of hydrogen-bond acceptors (Lipinski definition) is 4. The van der Waals surface area contributed by atoms with Crippen molar-refractivity contribution in [2.45, 2.75) is 13.8 Å². The van der Waals surface area contributed by atoms with Gasteiger partial charge in [0.25, 0.3) is 0 Å². The minimum atomic E-state index is -0.459. The summed E-state index contributed by atoms with van der Waals surface area (Å²) in [7, 11) is 0. The molecule has 19 heavy (non-hydrogen) atoms. The molecule has 1 aromatic heterocycles. The van der Waals surface area contributed by atoms with E-state index in [4.69, 9.17) is 4.74 Å². The second kappa shape index (κ2) is 5.80. The van der Waals surface area contributed by atoms with Gasteiger partial charge in [0, 0.05) is 10.9 Å². The molecular formula is C15H14O3S. The number of rotatable bonds is 4. The van der Waals surface area contributed by atoms with Gasteiger partial charge in [0.05, 0.1) is 5.56 Å². The van der Waals surface area contributed by atoms with Crippen LogP contribution in [0.1, 0.15) is 31.8 Å². The van der Waals surface area contributed by atoms with Gasteiger partial charge in [-0.15, -0.1) is 0 Å². The summed E-state index contributed by atoms with van der Waals surface area (Å²) in [5, 5.41) is 3.49. The van der Waals surface area contributed by atoms with Crippen molar-refractivity contribution in [2.75, 3.05) is 6.61 Å². The van der Waals surface area contributed by atoms with Crippen LogP contribution in [0.2, 0.25) is 0 Å². The fourth-order valence-electron chi connectivity index (χ4n) is 1.80. The van der Waals surface area contributed by atoms with Crippen LogP contribution in [0.25, 0.3) is 0 Å². The molecule has 0 unspecified atom stereocenters. The van der Waals surface area contributed by atoms with Gasteiger partial charge in [0.1, 0.15) is 0 Å². The highest BCUT2D eigenvalue weighted by atomic mass is 32.1. The van der Waals surface area contributed by atoms with E-state index in [2.05, 4.69) is 0 Å². The molecule has 0 bridgehead atoms. The van der Waals surface area contributed by atoms with Gasteiger partial charge >= 0.3 is 5.97 Å². The summed E-state index contributed by atoms with van der Waals surface area (Å²) >= 11 is 1.42. The Morgan fingerprint density at radius 2 is 2.00 bits per heavy atom. The Morgan fingerprint density at radius 1 is 1.21 bits per heavy atom. The quantitative estimate of drug-likeness (QED) is 0.634. The van der Waals surface area contributed by atoms with Gasteiger partial charge in [-0.1, -0.05) is 23.8 Å². The van der Waals surface area contributed by atoms with Crippen molar-refractivity contribution in [3.63, 3.8) is 0 Å². The predicted molar refractivity (Wildman–Crippen MR) is 74.8 cm³/mol. The van der Waals surface area contributed by atoms with Crippen LogP contribution in [0.3, 0.4) is 0 Å². The first-order chi connectivity index (χ1) is 9.08. The molecule has 0 aliphatic carbocycles. The monoisotopic (exact) mass is 274 g/mol. The lowest BCUT2D eigenvalue weighted by atomic mass is 10.0. The van der Waals surface area contributed by atoms with Crippen LogP contribution in [0.5, 0.6) is 0 Å². The number of Topliss-reactive ketones (excluding diaryl/α,β-unsaturated/α-hetero) is 1. The molecular weight excluding hydrogens is 260 g/mol. The van der Waals surface area contributed by atoms with Crippen LogP contribution in [0, 0.1) is 13.8 Å². The number of hydrogen-bond donors (Lipinski definition) is 0. The van der Waals surface area contributed by atoms with Crippen LogP contribution in [-0.2, 0) is 4.74 Å². The third-order valence-corrected chi connectivity index (χ3v) is 3.46. The molecule has 0 aliphatic rings. The number of ether oxygens (including phenoxy) is 1. The zero-order valence-corrected chi connectivity index (χ0v) is 11.6.